The second-order valence-corrected chi connectivity index (χ2v) is 7.80. The standard InChI is InChI=1S/C22H20BrFN2O5/c1-12-15(10-20(27)25-8-7-21(28)29)16-9-19(31-2)17(24)11-18(16)26(12)22(30)13-3-5-14(23)6-4-13/h3-6,9,11H,7-8,10H2,1-2H3,(H,25,27)(H,28,29). The lowest BCUT2D eigenvalue weighted by atomic mass is 10.1. The van der Waals surface area contributed by atoms with Crippen LogP contribution >= 0.6 is 15.9 Å². The van der Waals surface area contributed by atoms with Gasteiger partial charge in [-0.2, -0.15) is 0 Å². The van der Waals surface area contributed by atoms with Gasteiger partial charge in [-0.05, 0) is 42.8 Å². The van der Waals surface area contributed by atoms with Gasteiger partial charge >= 0.3 is 5.97 Å². The molecule has 31 heavy (non-hydrogen) atoms. The highest BCUT2D eigenvalue weighted by atomic mass is 79.9. The van der Waals surface area contributed by atoms with Crippen molar-refractivity contribution in [2.45, 2.75) is 19.8 Å². The molecule has 1 amide bonds. The van der Waals surface area contributed by atoms with Crippen molar-refractivity contribution in [3.63, 3.8) is 0 Å². The van der Waals surface area contributed by atoms with Crippen molar-refractivity contribution in [2.24, 2.45) is 0 Å². The smallest absolute Gasteiger partial charge is 0.305 e. The van der Waals surface area contributed by atoms with Crippen molar-refractivity contribution < 1.29 is 28.6 Å². The molecule has 2 N–H and O–H groups in total. The van der Waals surface area contributed by atoms with E-state index in [1.165, 1.54) is 23.8 Å². The number of rotatable bonds is 7. The molecule has 2 aromatic carbocycles. The van der Waals surface area contributed by atoms with Crippen molar-refractivity contribution in [1.29, 1.82) is 0 Å². The van der Waals surface area contributed by atoms with E-state index >= 15 is 0 Å². The molecule has 0 spiro atoms. The molecule has 0 aliphatic rings. The Morgan fingerprint density at radius 3 is 2.48 bits per heavy atom. The van der Waals surface area contributed by atoms with E-state index in [-0.39, 0.29) is 31.0 Å². The van der Waals surface area contributed by atoms with Crippen LogP contribution in [0, 0.1) is 12.7 Å². The van der Waals surface area contributed by atoms with Crippen molar-refractivity contribution in [3.05, 3.63) is 63.5 Å². The number of carbonyl (C=O) groups is 3. The van der Waals surface area contributed by atoms with Gasteiger partial charge in [-0.3, -0.25) is 19.0 Å². The van der Waals surface area contributed by atoms with Crippen molar-refractivity contribution in [2.75, 3.05) is 13.7 Å². The number of nitrogens with zero attached hydrogens (tertiary/aromatic N) is 1. The highest BCUT2D eigenvalue weighted by Crippen LogP contribution is 2.32. The summed E-state index contributed by atoms with van der Waals surface area (Å²) in [6.07, 6.45) is -0.301. The summed E-state index contributed by atoms with van der Waals surface area (Å²) in [7, 11) is 1.33. The Morgan fingerprint density at radius 2 is 1.87 bits per heavy atom. The number of halogens is 2. The molecule has 0 saturated heterocycles. The van der Waals surface area contributed by atoms with Gasteiger partial charge in [-0.25, -0.2) is 4.39 Å². The molecule has 1 aromatic heterocycles. The lowest BCUT2D eigenvalue weighted by Gasteiger charge is -2.08. The number of aromatic nitrogens is 1. The minimum atomic E-state index is -1.02. The number of carboxylic acid groups (broad SMARTS) is 1. The van der Waals surface area contributed by atoms with E-state index in [1.807, 2.05) is 0 Å². The topological polar surface area (TPSA) is 97.6 Å². The second kappa shape index (κ2) is 9.30. The Morgan fingerprint density at radius 1 is 1.19 bits per heavy atom. The van der Waals surface area contributed by atoms with Gasteiger partial charge in [0.1, 0.15) is 0 Å². The van der Waals surface area contributed by atoms with Crippen LogP contribution in [0.1, 0.15) is 28.0 Å². The van der Waals surface area contributed by atoms with E-state index < -0.39 is 17.7 Å². The van der Waals surface area contributed by atoms with Gasteiger partial charge in [0, 0.05) is 33.7 Å². The molecular weight excluding hydrogens is 471 g/mol. The van der Waals surface area contributed by atoms with Gasteiger partial charge in [-0.15, -0.1) is 0 Å². The summed E-state index contributed by atoms with van der Waals surface area (Å²) in [6.45, 7) is 1.67. The SMILES string of the molecule is COc1cc2c(CC(=O)NCCC(=O)O)c(C)n(C(=O)c3ccc(Br)cc3)c2cc1F. The minimum absolute atomic E-state index is 0.00623. The first-order chi connectivity index (χ1) is 14.7. The number of aliphatic carboxylic acids is 1. The molecule has 0 radical (unpaired) electrons. The number of amides is 1. The molecule has 0 aliphatic heterocycles. The summed E-state index contributed by atoms with van der Waals surface area (Å²) in [5, 5.41) is 11.8. The van der Waals surface area contributed by atoms with Crippen LogP contribution < -0.4 is 10.1 Å². The van der Waals surface area contributed by atoms with Crippen LogP contribution in [-0.2, 0) is 16.0 Å². The van der Waals surface area contributed by atoms with E-state index in [2.05, 4.69) is 21.2 Å². The van der Waals surface area contributed by atoms with E-state index in [0.717, 1.165) is 4.47 Å². The molecule has 0 atom stereocenters. The van der Waals surface area contributed by atoms with Gasteiger partial charge in [0.05, 0.1) is 25.5 Å². The van der Waals surface area contributed by atoms with Crippen LogP contribution in [0.4, 0.5) is 4.39 Å². The molecule has 0 saturated carbocycles. The third-order valence-corrected chi connectivity index (χ3v) is 5.43. The first-order valence-corrected chi connectivity index (χ1v) is 10.2. The quantitative estimate of drug-likeness (QED) is 0.526. The summed E-state index contributed by atoms with van der Waals surface area (Å²) in [6, 6.07) is 9.43. The number of hydrogen-bond acceptors (Lipinski definition) is 4. The Hall–Kier alpha value is -3.20. The first kappa shape index (κ1) is 22.5. The zero-order valence-corrected chi connectivity index (χ0v) is 18.5. The number of carboxylic acids is 1. The number of hydrogen-bond donors (Lipinski definition) is 2. The largest absolute Gasteiger partial charge is 0.494 e. The molecular formula is C22H20BrFN2O5. The monoisotopic (exact) mass is 490 g/mol. The van der Waals surface area contributed by atoms with Gasteiger partial charge < -0.3 is 15.2 Å². The molecule has 7 nitrogen and oxygen atoms in total. The van der Waals surface area contributed by atoms with Crippen LogP contribution in [0.25, 0.3) is 10.9 Å². The van der Waals surface area contributed by atoms with Crippen molar-refractivity contribution >= 4 is 44.6 Å². The summed E-state index contributed by atoms with van der Waals surface area (Å²) in [5.74, 6) is -2.42. The normalized spacial score (nSPS) is 10.8. The fourth-order valence-corrected chi connectivity index (χ4v) is 3.64. The third kappa shape index (κ3) is 4.77. The molecule has 9 heteroatoms. The molecule has 3 aromatic rings. The van der Waals surface area contributed by atoms with Gasteiger partial charge in [-0.1, -0.05) is 15.9 Å². The van der Waals surface area contributed by atoms with Crippen LogP contribution in [0.15, 0.2) is 40.9 Å². The highest BCUT2D eigenvalue weighted by Gasteiger charge is 2.23. The summed E-state index contributed by atoms with van der Waals surface area (Å²) >= 11 is 3.33. The molecule has 0 bridgehead atoms. The fourth-order valence-electron chi connectivity index (χ4n) is 3.37. The van der Waals surface area contributed by atoms with E-state index in [4.69, 9.17) is 9.84 Å². The fraction of sp³-hybridized carbons (Fsp3) is 0.227. The van der Waals surface area contributed by atoms with Crippen molar-refractivity contribution in [3.8, 4) is 5.75 Å². The number of fused-ring (bicyclic) bond motifs is 1. The average Bonchev–Trinajstić information content (AvgIpc) is 2.97. The average molecular weight is 491 g/mol. The maximum absolute atomic E-state index is 14.5. The van der Waals surface area contributed by atoms with Crippen LogP contribution in [0.2, 0.25) is 0 Å². The van der Waals surface area contributed by atoms with Crippen LogP contribution in [0.5, 0.6) is 5.75 Å². The van der Waals surface area contributed by atoms with Crippen LogP contribution in [0.3, 0.4) is 0 Å². The zero-order chi connectivity index (χ0) is 22.7. The Balaban J connectivity index is 2.08. The van der Waals surface area contributed by atoms with E-state index in [9.17, 15) is 18.8 Å². The molecule has 3 rings (SSSR count). The van der Waals surface area contributed by atoms with E-state index in [1.54, 1.807) is 31.2 Å². The number of ether oxygens (including phenoxy) is 1. The van der Waals surface area contributed by atoms with Crippen LogP contribution in [-0.4, -0.2) is 41.1 Å². The molecule has 162 valence electrons. The maximum atomic E-state index is 14.5. The maximum Gasteiger partial charge on any atom is 0.305 e. The number of methoxy groups -OCH3 is 1. The van der Waals surface area contributed by atoms with E-state index in [0.29, 0.717) is 27.7 Å². The predicted molar refractivity (Wildman–Crippen MR) is 116 cm³/mol. The number of benzene rings is 2. The van der Waals surface area contributed by atoms with Gasteiger partial charge in [0.15, 0.2) is 11.6 Å². The van der Waals surface area contributed by atoms with Gasteiger partial charge in [0.2, 0.25) is 5.91 Å². The number of nitrogens with one attached hydrogen (secondary N) is 1. The molecule has 0 aliphatic carbocycles. The molecule has 0 unspecified atom stereocenters. The second-order valence-electron chi connectivity index (χ2n) is 6.89. The Kier molecular flexibility index (Phi) is 6.74. The zero-order valence-electron chi connectivity index (χ0n) is 16.9. The first-order valence-electron chi connectivity index (χ1n) is 9.39. The molecule has 1 heterocycles. The minimum Gasteiger partial charge on any atom is -0.494 e. The third-order valence-electron chi connectivity index (χ3n) is 4.90. The summed E-state index contributed by atoms with van der Waals surface area (Å²) < 4.78 is 21.7. The Bertz CT molecular complexity index is 1170. The highest BCUT2D eigenvalue weighted by molar-refractivity contribution is 9.10. The lowest BCUT2D eigenvalue weighted by Crippen LogP contribution is -2.27. The van der Waals surface area contributed by atoms with Crippen molar-refractivity contribution in [1.82, 2.24) is 9.88 Å². The Labute approximate surface area is 185 Å². The summed E-state index contributed by atoms with van der Waals surface area (Å²) in [5.41, 5.74) is 1.74. The number of carbonyl (C=O) groups excluding carboxylic acids is 2. The predicted octanol–water partition coefficient (Wildman–Crippen LogP) is 3.68. The lowest BCUT2D eigenvalue weighted by molar-refractivity contribution is -0.136. The van der Waals surface area contributed by atoms with Gasteiger partial charge in [0.25, 0.3) is 5.91 Å². The molecule has 0 fully saturated rings. The summed E-state index contributed by atoms with van der Waals surface area (Å²) in [4.78, 5) is 36.3.